The zero-order valence-electron chi connectivity index (χ0n) is 11.7. The number of nitriles is 1. The number of pyridine rings is 1. The quantitative estimate of drug-likeness (QED) is 0.796. The highest BCUT2D eigenvalue weighted by atomic mass is 15.1. The number of aromatic amines is 1. The summed E-state index contributed by atoms with van der Waals surface area (Å²) in [6.07, 6.45) is 4.03. The fourth-order valence-electron chi connectivity index (χ4n) is 2.21. The maximum absolute atomic E-state index is 8.63. The van der Waals surface area contributed by atoms with Crippen LogP contribution >= 0.6 is 0 Å². The van der Waals surface area contributed by atoms with Crippen LogP contribution in [0.2, 0.25) is 0 Å². The summed E-state index contributed by atoms with van der Waals surface area (Å²) in [5.74, 6) is 0.837. The van der Waals surface area contributed by atoms with Gasteiger partial charge in [-0.25, -0.2) is 4.98 Å². The lowest BCUT2D eigenvalue weighted by atomic mass is 10.2. The van der Waals surface area contributed by atoms with E-state index in [1.165, 1.54) is 0 Å². The lowest BCUT2D eigenvalue weighted by Gasteiger charge is -2.17. The number of hydrogen-bond donors (Lipinski definition) is 1. The molecule has 1 aromatic carbocycles. The first-order chi connectivity index (χ1) is 10.3. The van der Waals surface area contributed by atoms with E-state index < -0.39 is 0 Å². The molecule has 0 spiro atoms. The number of anilines is 1. The zero-order valence-corrected chi connectivity index (χ0v) is 11.7. The number of nitrogens with zero attached hydrogens (tertiary/aromatic N) is 4. The molecule has 0 radical (unpaired) electrons. The molecule has 5 nitrogen and oxygen atoms in total. The van der Waals surface area contributed by atoms with E-state index in [2.05, 4.69) is 25.9 Å². The van der Waals surface area contributed by atoms with E-state index in [4.69, 9.17) is 5.26 Å². The number of fused-ring (bicyclic) bond motifs is 1. The van der Waals surface area contributed by atoms with Crippen molar-refractivity contribution in [2.45, 2.75) is 6.42 Å². The minimum Gasteiger partial charge on any atom is -0.374 e. The van der Waals surface area contributed by atoms with Gasteiger partial charge in [-0.05, 0) is 30.3 Å². The molecular formula is C16H15N5. The van der Waals surface area contributed by atoms with Crippen molar-refractivity contribution in [3.05, 3.63) is 42.7 Å². The van der Waals surface area contributed by atoms with E-state index >= 15 is 0 Å². The van der Waals surface area contributed by atoms with Crippen molar-refractivity contribution in [3.8, 4) is 17.5 Å². The lowest BCUT2D eigenvalue weighted by Crippen LogP contribution is -2.17. The van der Waals surface area contributed by atoms with Gasteiger partial charge in [0.15, 0.2) is 0 Å². The van der Waals surface area contributed by atoms with Crippen LogP contribution < -0.4 is 4.90 Å². The third-order valence-electron chi connectivity index (χ3n) is 3.42. The third-order valence-corrected chi connectivity index (χ3v) is 3.42. The Balaban J connectivity index is 1.85. The Kier molecular flexibility index (Phi) is 3.52. The first kappa shape index (κ1) is 13.1. The van der Waals surface area contributed by atoms with Gasteiger partial charge in [-0.1, -0.05) is 0 Å². The van der Waals surface area contributed by atoms with Crippen LogP contribution in [0.15, 0.2) is 42.7 Å². The molecule has 21 heavy (non-hydrogen) atoms. The smallest absolute Gasteiger partial charge is 0.138 e. The number of nitrogens with one attached hydrogen (secondary N) is 1. The molecule has 0 unspecified atom stereocenters. The van der Waals surface area contributed by atoms with Crippen LogP contribution in [0.25, 0.3) is 22.4 Å². The average molecular weight is 277 g/mol. The van der Waals surface area contributed by atoms with E-state index in [-0.39, 0.29) is 0 Å². The molecule has 2 heterocycles. The second-order valence-electron chi connectivity index (χ2n) is 4.85. The van der Waals surface area contributed by atoms with Crippen LogP contribution in [0, 0.1) is 11.3 Å². The Morgan fingerprint density at radius 3 is 2.76 bits per heavy atom. The molecule has 104 valence electrons. The Bertz CT molecular complexity index is 749. The van der Waals surface area contributed by atoms with Crippen LogP contribution in [0.4, 0.5) is 5.69 Å². The Hall–Kier alpha value is -2.87. The van der Waals surface area contributed by atoms with Crippen LogP contribution in [0.5, 0.6) is 0 Å². The van der Waals surface area contributed by atoms with Crippen LogP contribution in [0.1, 0.15) is 6.42 Å². The molecule has 1 N–H and O–H groups in total. The number of rotatable bonds is 4. The first-order valence-electron chi connectivity index (χ1n) is 6.76. The molecule has 0 aliphatic carbocycles. The van der Waals surface area contributed by atoms with Crippen LogP contribution in [-0.2, 0) is 0 Å². The highest BCUT2D eigenvalue weighted by Gasteiger charge is 2.06. The average Bonchev–Trinajstić information content (AvgIpc) is 2.96. The van der Waals surface area contributed by atoms with Gasteiger partial charge in [0.25, 0.3) is 0 Å². The lowest BCUT2D eigenvalue weighted by molar-refractivity contribution is 0.905. The predicted molar refractivity (Wildman–Crippen MR) is 82.8 cm³/mol. The second kappa shape index (κ2) is 5.63. The maximum Gasteiger partial charge on any atom is 0.138 e. The van der Waals surface area contributed by atoms with Crippen molar-refractivity contribution in [2.75, 3.05) is 18.5 Å². The molecule has 3 rings (SSSR count). The SMILES string of the molecule is CN(CCC#N)c1ccc(-c2nc3ccncc3[nH]2)cc1. The summed E-state index contributed by atoms with van der Waals surface area (Å²) in [5, 5.41) is 8.63. The number of benzene rings is 1. The fraction of sp³-hybridized carbons (Fsp3) is 0.188. The zero-order chi connectivity index (χ0) is 14.7. The summed E-state index contributed by atoms with van der Waals surface area (Å²) >= 11 is 0. The summed E-state index contributed by atoms with van der Waals surface area (Å²) in [5.41, 5.74) is 3.97. The normalized spacial score (nSPS) is 10.5. The molecule has 0 bridgehead atoms. The van der Waals surface area contributed by atoms with E-state index in [1.54, 1.807) is 12.4 Å². The predicted octanol–water partition coefficient (Wildman–Crippen LogP) is 2.97. The van der Waals surface area contributed by atoms with Crippen molar-refractivity contribution in [3.63, 3.8) is 0 Å². The number of H-pyrrole nitrogens is 1. The third kappa shape index (κ3) is 2.70. The number of aromatic nitrogens is 3. The number of hydrogen-bond acceptors (Lipinski definition) is 4. The van der Waals surface area contributed by atoms with E-state index in [9.17, 15) is 0 Å². The molecule has 2 aromatic heterocycles. The molecule has 0 atom stereocenters. The second-order valence-corrected chi connectivity index (χ2v) is 4.85. The van der Waals surface area contributed by atoms with Gasteiger partial charge in [-0.2, -0.15) is 5.26 Å². The summed E-state index contributed by atoms with van der Waals surface area (Å²) in [6.45, 7) is 0.728. The topological polar surface area (TPSA) is 68.6 Å². The summed E-state index contributed by atoms with van der Waals surface area (Å²) in [4.78, 5) is 14.0. The highest BCUT2D eigenvalue weighted by Crippen LogP contribution is 2.22. The van der Waals surface area contributed by atoms with Crippen molar-refractivity contribution in [2.24, 2.45) is 0 Å². The minimum atomic E-state index is 0.523. The molecule has 0 fully saturated rings. The molecule has 5 heteroatoms. The van der Waals surface area contributed by atoms with Crippen molar-refractivity contribution >= 4 is 16.7 Å². The van der Waals surface area contributed by atoms with Gasteiger partial charge >= 0.3 is 0 Å². The van der Waals surface area contributed by atoms with Crippen molar-refractivity contribution < 1.29 is 0 Å². The Morgan fingerprint density at radius 1 is 1.24 bits per heavy atom. The van der Waals surface area contributed by atoms with E-state index in [0.29, 0.717) is 6.42 Å². The Labute approximate surface area is 122 Å². The van der Waals surface area contributed by atoms with Gasteiger partial charge in [0.1, 0.15) is 5.82 Å². The van der Waals surface area contributed by atoms with Crippen molar-refractivity contribution in [1.82, 2.24) is 15.0 Å². The Morgan fingerprint density at radius 2 is 2.05 bits per heavy atom. The molecule has 0 aliphatic rings. The van der Waals surface area contributed by atoms with Gasteiger partial charge in [-0.3, -0.25) is 4.98 Å². The first-order valence-corrected chi connectivity index (χ1v) is 6.76. The van der Waals surface area contributed by atoms with Gasteiger partial charge in [0.2, 0.25) is 0 Å². The molecule has 0 amide bonds. The van der Waals surface area contributed by atoms with Gasteiger partial charge < -0.3 is 9.88 Å². The minimum absolute atomic E-state index is 0.523. The summed E-state index contributed by atoms with van der Waals surface area (Å²) < 4.78 is 0. The summed E-state index contributed by atoms with van der Waals surface area (Å²) in [7, 11) is 1.99. The molecule has 0 saturated heterocycles. The van der Waals surface area contributed by atoms with Crippen LogP contribution in [-0.4, -0.2) is 28.5 Å². The molecular weight excluding hydrogens is 262 g/mol. The van der Waals surface area contributed by atoms with Crippen LogP contribution in [0.3, 0.4) is 0 Å². The van der Waals surface area contributed by atoms with E-state index in [0.717, 1.165) is 34.7 Å². The number of imidazole rings is 1. The highest BCUT2D eigenvalue weighted by molar-refractivity contribution is 5.78. The maximum atomic E-state index is 8.63. The standard InChI is InChI=1S/C16H15N5/c1-21(10-2-8-17)13-5-3-12(4-6-13)16-19-14-7-9-18-11-15(14)20-16/h3-7,9,11H,2,10H2,1H3,(H,19,20). The van der Waals surface area contributed by atoms with Crippen molar-refractivity contribution in [1.29, 1.82) is 5.26 Å². The summed E-state index contributed by atoms with van der Waals surface area (Å²) in [6, 6.07) is 12.2. The van der Waals surface area contributed by atoms with Gasteiger partial charge in [0.05, 0.1) is 29.7 Å². The monoisotopic (exact) mass is 277 g/mol. The van der Waals surface area contributed by atoms with E-state index in [1.807, 2.05) is 37.4 Å². The van der Waals surface area contributed by atoms with Gasteiger partial charge in [-0.15, -0.1) is 0 Å². The molecule has 3 aromatic rings. The van der Waals surface area contributed by atoms with Gasteiger partial charge in [0, 0.05) is 31.0 Å². The molecule has 0 aliphatic heterocycles. The molecule has 0 saturated carbocycles. The fourth-order valence-corrected chi connectivity index (χ4v) is 2.21. The largest absolute Gasteiger partial charge is 0.374 e.